The molecule has 0 aliphatic carbocycles. The van der Waals surface area contributed by atoms with Gasteiger partial charge in [-0.1, -0.05) is 17.7 Å². The summed E-state index contributed by atoms with van der Waals surface area (Å²) in [6.07, 6.45) is 0.915. The van der Waals surface area contributed by atoms with Crippen molar-refractivity contribution in [1.29, 1.82) is 0 Å². The topological polar surface area (TPSA) is 60.0 Å². The number of amides is 1. The van der Waals surface area contributed by atoms with E-state index in [1.165, 1.54) is 0 Å². The molecule has 6 nitrogen and oxygen atoms in total. The molecule has 7 heteroatoms. The van der Waals surface area contributed by atoms with Crippen molar-refractivity contribution in [3.63, 3.8) is 0 Å². The molecule has 0 aromatic heterocycles. The predicted octanol–water partition coefficient (Wildman–Crippen LogP) is 3.77. The van der Waals surface area contributed by atoms with E-state index in [0.29, 0.717) is 42.6 Å². The average Bonchev–Trinajstić information content (AvgIpc) is 2.72. The van der Waals surface area contributed by atoms with Crippen LogP contribution in [-0.4, -0.2) is 46.4 Å². The van der Waals surface area contributed by atoms with Crippen molar-refractivity contribution < 1.29 is 19.0 Å². The van der Waals surface area contributed by atoms with Gasteiger partial charge in [0.1, 0.15) is 11.5 Å². The number of carbonyl (C=O) groups excluding carboxylic acids is 1. The second kappa shape index (κ2) is 9.66. The van der Waals surface area contributed by atoms with E-state index in [-0.39, 0.29) is 5.91 Å². The van der Waals surface area contributed by atoms with E-state index in [9.17, 15) is 4.79 Å². The molecule has 28 heavy (non-hydrogen) atoms. The lowest BCUT2D eigenvalue weighted by atomic mass is 10.1. The zero-order valence-electron chi connectivity index (χ0n) is 16.2. The minimum absolute atomic E-state index is 0.0708. The molecule has 1 N–H and O–H groups in total. The normalized spacial score (nSPS) is 13.9. The number of para-hydroxylation sites is 1. The molecule has 0 bridgehead atoms. The second-order valence-corrected chi connectivity index (χ2v) is 6.91. The van der Waals surface area contributed by atoms with Gasteiger partial charge in [-0.25, -0.2) is 0 Å². The monoisotopic (exact) mass is 404 g/mol. The number of methoxy groups -OCH3 is 2. The molecule has 0 radical (unpaired) electrons. The lowest BCUT2D eigenvalue weighted by Crippen LogP contribution is -2.37. The summed E-state index contributed by atoms with van der Waals surface area (Å²) in [4.78, 5) is 14.7. The molecule has 0 spiro atoms. The van der Waals surface area contributed by atoms with Crippen molar-refractivity contribution in [1.82, 2.24) is 0 Å². The fraction of sp³-hybridized carbons (Fsp3) is 0.381. The van der Waals surface area contributed by atoms with Crippen LogP contribution in [0.5, 0.6) is 11.5 Å². The van der Waals surface area contributed by atoms with E-state index in [1.807, 2.05) is 36.4 Å². The summed E-state index contributed by atoms with van der Waals surface area (Å²) >= 11 is 6.42. The van der Waals surface area contributed by atoms with E-state index < -0.39 is 0 Å². The van der Waals surface area contributed by atoms with Gasteiger partial charge in [0, 0.05) is 25.6 Å². The van der Waals surface area contributed by atoms with Gasteiger partial charge in [0.05, 0.1) is 43.8 Å². The molecule has 1 heterocycles. The third-order valence-electron chi connectivity index (χ3n) is 4.64. The Bertz CT molecular complexity index is 800. The van der Waals surface area contributed by atoms with Crippen molar-refractivity contribution in [3.05, 3.63) is 47.0 Å². The Morgan fingerprint density at radius 3 is 2.46 bits per heavy atom. The molecular formula is C21H25ClN2O4. The van der Waals surface area contributed by atoms with Crippen LogP contribution in [0.1, 0.15) is 12.0 Å². The van der Waals surface area contributed by atoms with Gasteiger partial charge in [0.15, 0.2) is 0 Å². The molecule has 2 aromatic carbocycles. The number of rotatable bonds is 7. The van der Waals surface area contributed by atoms with E-state index in [1.54, 1.807) is 14.2 Å². The summed E-state index contributed by atoms with van der Waals surface area (Å²) in [5.74, 6) is 1.34. The van der Waals surface area contributed by atoms with Crippen LogP contribution in [0.25, 0.3) is 0 Å². The number of nitrogens with one attached hydrogen (secondary N) is 1. The first-order valence-electron chi connectivity index (χ1n) is 9.23. The lowest BCUT2D eigenvalue weighted by molar-refractivity contribution is -0.116. The zero-order chi connectivity index (χ0) is 19.9. The van der Waals surface area contributed by atoms with E-state index >= 15 is 0 Å². The summed E-state index contributed by atoms with van der Waals surface area (Å²) in [5, 5.41) is 3.63. The number of halogens is 1. The molecule has 0 atom stereocenters. The Balaban J connectivity index is 1.68. The number of morpholine rings is 1. The van der Waals surface area contributed by atoms with Gasteiger partial charge in [-0.2, -0.15) is 0 Å². The maximum Gasteiger partial charge on any atom is 0.224 e. The third-order valence-corrected chi connectivity index (χ3v) is 4.95. The van der Waals surface area contributed by atoms with Crippen LogP contribution in [0.3, 0.4) is 0 Å². The van der Waals surface area contributed by atoms with Gasteiger partial charge in [-0.05, 0) is 36.2 Å². The fourth-order valence-corrected chi connectivity index (χ4v) is 3.50. The number of anilines is 2. The molecule has 2 aromatic rings. The van der Waals surface area contributed by atoms with Crippen molar-refractivity contribution in [2.24, 2.45) is 0 Å². The maximum absolute atomic E-state index is 12.6. The molecule has 1 fully saturated rings. The Morgan fingerprint density at radius 1 is 1.14 bits per heavy atom. The van der Waals surface area contributed by atoms with Gasteiger partial charge in [-0.3, -0.25) is 4.79 Å². The number of hydrogen-bond acceptors (Lipinski definition) is 5. The summed E-state index contributed by atoms with van der Waals surface area (Å²) < 4.78 is 16.0. The minimum atomic E-state index is -0.0708. The first-order valence-corrected chi connectivity index (χ1v) is 9.61. The van der Waals surface area contributed by atoms with Crippen LogP contribution in [0.15, 0.2) is 36.4 Å². The van der Waals surface area contributed by atoms with Gasteiger partial charge in [0.25, 0.3) is 0 Å². The number of aryl methyl sites for hydroxylation is 1. The molecular weight excluding hydrogens is 380 g/mol. The Morgan fingerprint density at radius 2 is 1.82 bits per heavy atom. The predicted molar refractivity (Wildman–Crippen MR) is 111 cm³/mol. The average molecular weight is 405 g/mol. The van der Waals surface area contributed by atoms with Gasteiger partial charge < -0.3 is 24.4 Å². The number of nitrogens with zero attached hydrogens (tertiary/aromatic N) is 1. The fourth-order valence-electron chi connectivity index (χ4n) is 3.21. The molecule has 1 saturated heterocycles. The first-order chi connectivity index (χ1) is 13.6. The van der Waals surface area contributed by atoms with Crippen LogP contribution < -0.4 is 19.7 Å². The van der Waals surface area contributed by atoms with Crippen molar-refractivity contribution >= 4 is 28.9 Å². The van der Waals surface area contributed by atoms with Gasteiger partial charge in [0.2, 0.25) is 5.91 Å². The minimum Gasteiger partial charge on any atom is -0.497 e. The van der Waals surface area contributed by atoms with E-state index in [2.05, 4.69) is 10.2 Å². The summed E-state index contributed by atoms with van der Waals surface area (Å²) in [5.41, 5.74) is 2.55. The first kappa shape index (κ1) is 20.3. The summed E-state index contributed by atoms with van der Waals surface area (Å²) in [6.45, 7) is 2.79. The van der Waals surface area contributed by atoms with Crippen LogP contribution in [-0.2, 0) is 16.0 Å². The van der Waals surface area contributed by atoms with E-state index in [4.69, 9.17) is 25.8 Å². The maximum atomic E-state index is 12.6. The zero-order valence-corrected chi connectivity index (χ0v) is 16.9. The van der Waals surface area contributed by atoms with Crippen molar-refractivity contribution in [2.45, 2.75) is 12.8 Å². The van der Waals surface area contributed by atoms with Crippen LogP contribution in [0, 0.1) is 0 Å². The quantitative estimate of drug-likeness (QED) is 0.761. The molecule has 150 valence electrons. The molecule has 1 aliphatic heterocycles. The Kier molecular flexibility index (Phi) is 7.01. The highest BCUT2D eigenvalue weighted by molar-refractivity contribution is 6.34. The van der Waals surface area contributed by atoms with Crippen LogP contribution in [0.4, 0.5) is 11.4 Å². The highest BCUT2D eigenvalue weighted by Crippen LogP contribution is 2.34. The highest BCUT2D eigenvalue weighted by atomic mass is 35.5. The molecule has 0 saturated carbocycles. The molecule has 1 aliphatic rings. The summed E-state index contributed by atoms with van der Waals surface area (Å²) in [6, 6.07) is 11.2. The van der Waals surface area contributed by atoms with Crippen molar-refractivity contribution in [2.75, 3.05) is 50.7 Å². The molecule has 3 rings (SSSR count). The van der Waals surface area contributed by atoms with Crippen molar-refractivity contribution in [3.8, 4) is 11.5 Å². The third kappa shape index (κ3) is 5.09. The number of benzene rings is 2. The Labute approximate surface area is 170 Å². The molecule has 0 unspecified atom stereocenters. The smallest absolute Gasteiger partial charge is 0.224 e. The standard InChI is InChI=1S/C21H25ClN2O4/c1-26-16-12-15(13-17(14-16)27-2)6-7-20(25)23-19-5-3-4-18(22)21(19)24-8-10-28-11-9-24/h3-5,12-14H,6-11H2,1-2H3,(H,23,25). The second-order valence-electron chi connectivity index (χ2n) is 6.50. The SMILES string of the molecule is COc1cc(CCC(=O)Nc2cccc(Cl)c2N2CCOCC2)cc(OC)c1. The van der Waals surface area contributed by atoms with Crippen LogP contribution >= 0.6 is 11.6 Å². The van der Waals surface area contributed by atoms with Gasteiger partial charge in [-0.15, -0.1) is 0 Å². The van der Waals surface area contributed by atoms with Crippen LogP contribution in [0.2, 0.25) is 5.02 Å². The van der Waals surface area contributed by atoms with Gasteiger partial charge >= 0.3 is 0 Å². The largest absolute Gasteiger partial charge is 0.497 e. The highest BCUT2D eigenvalue weighted by Gasteiger charge is 2.19. The number of ether oxygens (including phenoxy) is 3. The number of hydrogen-bond donors (Lipinski definition) is 1. The lowest BCUT2D eigenvalue weighted by Gasteiger charge is -2.31. The summed E-state index contributed by atoms with van der Waals surface area (Å²) in [7, 11) is 3.22. The Hall–Kier alpha value is -2.44. The number of carbonyl (C=O) groups is 1. The molecule has 1 amide bonds. The van der Waals surface area contributed by atoms with E-state index in [0.717, 1.165) is 30.0 Å².